The van der Waals surface area contributed by atoms with Crippen LogP contribution in [0.5, 0.6) is 0 Å². The molecule has 0 saturated heterocycles. The van der Waals surface area contributed by atoms with Crippen molar-refractivity contribution in [1.29, 1.82) is 0 Å². The van der Waals surface area contributed by atoms with Gasteiger partial charge in [0.25, 0.3) is 0 Å². The summed E-state index contributed by atoms with van der Waals surface area (Å²) >= 11 is 0. The van der Waals surface area contributed by atoms with Crippen LogP contribution in [0.1, 0.15) is 39.0 Å². The van der Waals surface area contributed by atoms with Gasteiger partial charge in [-0.1, -0.05) is 13.0 Å². The first-order valence-corrected chi connectivity index (χ1v) is 7.05. The van der Waals surface area contributed by atoms with Crippen molar-refractivity contribution < 1.29 is 9.53 Å². The normalized spacial score (nSPS) is 46.9. The molecule has 6 atom stereocenters. The lowest BCUT2D eigenvalue weighted by Crippen LogP contribution is -2.54. The van der Waals surface area contributed by atoms with Crippen LogP contribution in [0.25, 0.3) is 0 Å². The molecule has 0 heterocycles. The van der Waals surface area contributed by atoms with E-state index >= 15 is 0 Å². The van der Waals surface area contributed by atoms with Crippen molar-refractivity contribution in [2.45, 2.75) is 45.1 Å². The van der Waals surface area contributed by atoms with Gasteiger partial charge in [-0.3, -0.25) is 4.79 Å². The largest absolute Gasteiger partial charge is 0.462 e. The van der Waals surface area contributed by atoms with Crippen molar-refractivity contribution in [1.82, 2.24) is 0 Å². The topological polar surface area (TPSA) is 26.3 Å². The van der Waals surface area contributed by atoms with E-state index in [1.54, 1.807) is 0 Å². The maximum Gasteiger partial charge on any atom is 0.305 e. The van der Waals surface area contributed by atoms with E-state index in [0.29, 0.717) is 24.2 Å². The molecule has 0 aromatic rings. The molecule has 4 rings (SSSR count). The molecule has 0 aromatic heterocycles. The zero-order valence-corrected chi connectivity index (χ0v) is 10.6. The first-order valence-electron chi connectivity index (χ1n) is 7.05. The number of rotatable bonds is 3. The van der Waals surface area contributed by atoms with Crippen molar-refractivity contribution in [3.8, 4) is 0 Å². The highest BCUT2D eigenvalue weighted by molar-refractivity contribution is 5.69. The van der Waals surface area contributed by atoms with E-state index < -0.39 is 0 Å². The molecule has 0 radical (unpaired) electrons. The Labute approximate surface area is 103 Å². The van der Waals surface area contributed by atoms with Crippen LogP contribution < -0.4 is 0 Å². The Kier molecular flexibility index (Phi) is 2.76. The fourth-order valence-electron chi connectivity index (χ4n) is 4.69. The van der Waals surface area contributed by atoms with Gasteiger partial charge in [-0.2, -0.15) is 0 Å². The number of carbonyl (C=O) groups is 1. The van der Waals surface area contributed by atoms with Gasteiger partial charge >= 0.3 is 5.97 Å². The zero-order chi connectivity index (χ0) is 12.0. The summed E-state index contributed by atoms with van der Waals surface area (Å²) in [6, 6.07) is 0. The molecule has 94 valence electrons. The summed E-state index contributed by atoms with van der Waals surface area (Å²) in [7, 11) is 0. The molecule has 4 aliphatic carbocycles. The average Bonchev–Trinajstić information content (AvgIpc) is 2.33. The van der Waals surface area contributed by atoms with Crippen molar-refractivity contribution in [2.24, 2.45) is 29.6 Å². The zero-order valence-electron chi connectivity index (χ0n) is 10.6. The first kappa shape index (κ1) is 11.3. The van der Waals surface area contributed by atoms with Crippen LogP contribution in [-0.2, 0) is 9.53 Å². The summed E-state index contributed by atoms with van der Waals surface area (Å²) < 4.78 is 5.72. The molecule has 4 bridgehead atoms. The van der Waals surface area contributed by atoms with Gasteiger partial charge in [0.15, 0.2) is 0 Å². The maximum absolute atomic E-state index is 11.6. The minimum absolute atomic E-state index is 0.0229. The van der Waals surface area contributed by atoms with E-state index in [4.69, 9.17) is 4.74 Å². The van der Waals surface area contributed by atoms with Crippen molar-refractivity contribution in [3.63, 3.8) is 0 Å². The third-order valence-corrected chi connectivity index (χ3v) is 5.24. The standard InChI is InChI=1S/C15H22O2/c1-3-12-10-5-9-6-11(8-10)15(13(12)7-9)17-14(16)4-2/h3,9-13,15H,1,4-8H2,2H3. The van der Waals surface area contributed by atoms with Crippen LogP contribution >= 0.6 is 0 Å². The molecular formula is C15H22O2. The highest BCUT2D eigenvalue weighted by Crippen LogP contribution is 2.57. The van der Waals surface area contributed by atoms with Crippen molar-refractivity contribution in [3.05, 3.63) is 12.7 Å². The van der Waals surface area contributed by atoms with Gasteiger partial charge in [0.2, 0.25) is 0 Å². The minimum atomic E-state index is -0.0229. The molecule has 17 heavy (non-hydrogen) atoms. The molecule has 0 N–H and O–H groups in total. The molecule has 4 aliphatic rings. The Morgan fingerprint density at radius 1 is 1.29 bits per heavy atom. The van der Waals surface area contributed by atoms with Crippen molar-refractivity contribution in [2.75, 3.05) is 0 Å². The van der Waals surface area contributed by atoms with E-state index in [1.165, 1.54) is 25.7 Å². The van der Waals surface area contributed by atoms with Crippen LogP contribution in [0.4, 0.5) is 0 Å². The summed E-state index contributed by atoms with van der Waals surface area (Å²) in [5, 5.41) is 0. The second-order valence-electron chi connectivity index (χ2n) is 6.11. The monoisotopic (exact) mass is 234 g/mol. The van der Waals surface area contributed by atoms with Gasteiger partial charge in [0.05, 0.1) is 0 Å². The van der Waals surface area contributed by atoms with Gasteiger partial charge in [-0.15, -0.1) is 6.58 Å². The molecular weight excluding hydrogens is 212 g/mol. The third kappa shape index (κ3) is 1.73. The van der Waals surface area contributed by atoms with Crippen LogP contribution in [0.2, 0.25) is 0 Å². The SMILES string of the molecule is C=CC1C2CC3CC(C2)C(OC(=O)CC)C1C3. The molecule has 2 heteroatoms. The summed E-state index contributed by atoms with van der Waals surface area (Å²) in [5.41, 5.74) is 0. The third-order valence-electron chi connectivity index (χ3n) is 5.24. The highest BCUT2D eigenvalue weighted by Gasteiger charge is 2.53. The Morgan fingerprint density at radius 2 is 2.06 bits per heavy atom. The fraction of sp³-hybridized carbons (Fsp3) is 0.800. The lowest BCUT2D eigenvalue weighted by molar-refractivity contribution is -0.176. The lowest BCUT2D eigenvalue weighted by atomic mass is 9.50. The number of ether oxygens (including phenoxy) is 1. The molecule has 4 fully saturated rings. The van der Waals surface area contributed by atoms with Gasteiger partial charge in [0.1, 0.15) is 6.10 Å². The smallest absolute Gasteiger partial charge is 0.305 e. The minimum Gasteiger partial charge on any atom is -0.462 e. The second kappa shape index (κ2) is 4.15. The molecule has 4 saturated carbocycles. The number of hydrogen-bond donors (Lipinski definition) is 0. The molecule has 0 spiro atoms. The van der Waals surface area contributed by atoms with E-state index in [9.17, 15) is 4.79 Å². The van der Waals surface area contributed by atoms with Gasteiger partial charge in [-0.25, -0.2) is 0 Å². The number of carbonyl (C=O) groups excluding carboxylic acids is 1. The number of hydrogen-bond acceptors (Lipinski definition) is 2. The predicted octanol–water partition coefficient (Wildman–Crippen LogP) is 3.18. The van der Waals surface area contributed by atoms with E-state index in [2.05, 4.69) is 12.7 Å². The number of allylic oxidation sites excluding steroid dienone is 1. The van der Waals surface area contributed by atoms with E-state index in [1.807, 2.05) is 6.92 Å². The summed E-state index contributed by atoms with van der Waals surface area (Å²) in [5.74, 6) is 3.51. The van der Waals surface area contributed by atoms with Crippen molar-refractivity contribution >= 4 is 5.97 Å². The van der Waals surface area contributed by atoms with Gasteiger partial charge < -0.3 is 4.74 Å². The lowest BCUT2D eigenvalue weighted by Gasteiger charge is -2.57. The van der Waals surface area contributed by atoms with Crippen LogP contribution in [0.15, 0.2) is 12.7 Å². The predicted molar refractivity (Wildman–Crippen MR) is 66.3 cm³/mol. The number of esters is 1. The summed E-state index contributed by atoms with van der Waals surface area (Å²) in [6.45, 7) is 5.88. The van der Waals surface area contributed by atoms with Crippen LogP contribution in [0.3, 0.4) is 0 Å². The van der Waals surface area contributed by atoms with Crippen LogP contribution in [-0.4, -0.2) is 12.1 Å². The molecule has 0 aromatic carbocycles. The summed E-state index contributed by atoms with van der Waals surface area (Å²) in [4.78, 5) is 11.6. The Bertz CT molecular complexity index is 336. The van der Waals surface area contributed by atoms with Gasteiger partial charge in [0, 0.05) is 12.3 Å². The Balaban J connectivity index is 1.80. The quantitative estimate of drug-likeness (QED) is 0.554. The fourth-order valence-corrected chi connectivity index (χ4v) is 4.69. The summed E-state index contributed by atoms with van der Waals surface area (Å²) in [6.07, 6.45) is 8.01. The molecule has 2 nitrogen and oxygen atoms in total. The van der Waals surface area contributed by atoms with Crippen LogP contribution in [0, 0.1) is 29.6 Å². The first-order chi connectivity index (χ1) is 8.22. The average molecular weight is 234 g/mol. The highest BCUT2D eigenvalue weighted by atomic mass is 16.5. The maximum atomic E-state index is 11.6. The second-order valence-corrected chi connectivity index (χ2v) is 6.11. The van der Waals surface area contributed by atoms with E-state index in [0.717, 1.165) is 11.8 Å². The molecule has 0 aliphatic heterocycles. The Hall–Kier alpha value is -0.790. The molecule has 6 unspecified atom stereocenters. The van der Waals surface area contributed by atoms with E-state index in [-0.39, 0.29) is 12.1 Å². The Morgan fingerprint density at radius 3 is 2.76 bits per heavy atom. The molecule has 0 amide bonds. The van der Waals surface area contributed by atoms with Gasteiger partial charge in [-0.05, 0) is 49.4 Å².